The molecule has 1 aromatic rings. The first-order chi connectivity index (χ1) is 11.5. The van der Waals surface area contributed by atoms with E-state index in [1.54, 1.807) is 12.4 Å². The number of aromatic nitrogens is 1. The predicted molar refractivity (Wildman–Crippen MR) is 85.4 cm³/mol. The molecule has 1 saturated carbocycles. The molecule has 24 heavy (non-hydrogen) atoms. The molecule has 1 aromatic heterocycles. The Morgan fingerprint density at radius 2 is 1.96 bits per heavy atom. The molecule has 6 heteroatoms. The number of pyridine rings is 1. The number of amides is 1. The molecular weight excluding hydrogens is 312 g/mol. The molecule has 0 radical (unpaired) electrons. The lowest BCUT2D eigenvalue weighted by Crippen LogP contribution is -2.60. The van der Waals surface area contributed by atoms with Gasteiger partial charge in [0.1, 0.15) is 0 Å². The maximum Gasteiger partial charge on any atom is 0.282 e. The van der Waals surface area contributed by atoms with Crippen molar-refractivity contribution < 1.29 is 13.6 Å². The van der Waals surface area contributed by atoms with Crippen molar-refractivity contribution >= 4 is 5.91 Å². The summed E-state index contributed by atoms with van der Waals surface area (Å²) in [6, 6.07) is 4.04. The van der Waals surface area contributed by atoms with E-state index in [2.05, 4.69) is 9.88 Å². The summed E-state index contributed by atoms with van der Waals surface area (Å²) >= 11 is 0. The summed E-state index contributed by atoms with van der Waals surface area (Å²) in [7, 11) is 0. The highest BCUT2D eigenvalue weighted by Gasteiger charge is 2.55. The molecule has 4 nitrogen and oxygen atoms in total. The lowest BCUT2D eigenvalue weighted by Gasteiger charge is -2.42. The van der Waals surface area contributed by atoms with Crippen LogP contribution in [0.15, 0.2) is 24.5 Å². The van der Waals surface area contributed by atoms with E-state index < -0.39 is 5.92 Å². The summed E-state index contributed by atoms with van der Waals surface area (Å²) < 4.78 is 26.2. The lowest BCUT2D eigenvalue weighted by molar-refractivity contribution is -0.172. The van der Waals surface area contributed by atoms with E-state index in [1.807, 2.05) is 12.1 Å². The Hall–Kier alpha value is -1.56. The van der Waals surface area contributed by atoms with Crippen LogP contribution in [-0.2, 0) is 11.3 Å². The van der Waals surface area contributed by atoms with Crippen LogP contribution in [0.2, 0.25) is 0 Å². The first-order valence-electron chi connectivity index (χ1n) is 8.75. The topological polar surface area (TPSA) is 36.4 Å². The Morgan fingerprint density at radius 3 is 2.67 bits per heavy atom. The van der Waals surface area contributed by atoms with Gasteiger partial charge in [-0.15, -0.1) is 0 Å². The standard InChI is InChI=1S/C18H23F2N3O/c19-18(20)12-23(13-18)16(24)15-2-1-5-17(15)6-9-22(11-17)10-14-3-7-21-8-4-14/h3-4,7-8,15H,1-2,5-6,9-13H2/t15-,17-/m0/s1. The van der Waals surface area contributed by atoms with E-state index in [0.717, 1.165) is 45.3 Å². The zero-order valence-corrected chi connectivity index (χ0v) is 13.8. The summed E-state index contributed by atoms with van der Waals surface area (Å²) in [4.78, 5) is 20.5. The third-order valence-electron chi connectivity index (χ3n) is 5.98. The SMILES string of the molecule is O=C([C@@H]1CCC[C@@]12CCN(Cc1ccncc1)C2)N1CC(F)(F)C1. The van der Waals surface area contributed by atoms with Gasteiger partial charge in [-0.1, -0.05) is 6.42 Å². The number of hydrogen-bond donors (Lipinski definition) is 0. The van der Waals surface area contributed by atoms with Crippen LogP contribution in [0, 0.1) is 11.3 Å². The first kappa shape index (κ1) is 15.9. The second-order valence-corrected chi connectivity index (χ2v) is 7.67. The number of nitrogens with zero attached hydrogens (tertiary/aromatic N) is 3. The molecule has 3 aliphatic rings. The van der Waals surface area contributed by atoms with Crippen LogP contribution in [0.5, 0.6) is 0 Å². The van der Waals surface area contributed by atoms with E-state index in [1.165, 1.54) is 10.5 Å². The smallest absolute Gasteiger partial charge is 0.282 e. The Bertz CT molecular complexity index is 616. The van der Waals surface area contributed by atoms with Gasteiger partial charge >= 0.3 is 0 Å². The van der Waals surface area contributed by atoms with Crippen molar-refractivity contribution in [2.75, 3.05) is 26.2 Å². The van der Waals surface area contributed by atoms with E-state index in [0.29, 0.717) is 0 Å². The fraction of sp³-hybridized carbons (Fsp3) is 0.667. The molecule has 1 amide bonds. The molecule has 0 N–H and O–H groups in total. The fourth-order valence-electron chi connectivity index (χ4n) is 4.77. The fourth-order valence-corrected chi connectivity index (χ4v) is 4.77. The Kier molecular flexibility index (Phi) is 3.82. The van der Waals surface area contributed by atoms with Gasteiger partial charge in [0.15, 0.2) is 0 Å². The van der Waals surface area contributed by atoms with Crippen LogP contribution < -0.4 is 0 Å². The monoisotopic (exact) mass is 335 g/mol. The second kappa shape index (κ2) is 5.76. The molecule has 2 saturated heterocycles. The minimum Gasteiger partial charge on any atom is -0.330 e. The van der Waals surface area contributed by atoms with Gasteiger partial charge in [0.05, 0.1) is 13.1 Å². The molecular formula is C18H23F2N3O. The van der Waals surface area contributed by atoms with Crippen molar-refractivity contribution in [3.05, 3.63) is 30.1 Å². The van der Waals surface area contributed by atoms with Crippen molar-refractivity contribution in [1.29, 1.82) is 0 Å². The van der Waals surface area contributed by atoms with E-state index in [9.17, 15) is 13.6 Å². The van der Waals surface area contributed by atoms with Gasteiger partial charge in [-0.3, -0.25) is 14.7 Å². The van der Waals surface area contributed by atoms with Gasteiger partial charge in [-0.25, -0.2) is 8.78 Å². The second-order valence-electron chi connectivity index (χ2n) is 7.67. The average molecular weight is 335 g/mol. The minimum absolute atomic E-state index is 0.00497. The van der Waals surface area contributed by atoms with Crippen LogP contribution in [0.4, 0.5) is 8.78 Å². The molecule has 2 aliphatic heterocycles. The van der Waals surface area contributed by atoms with Crippen LogP contribution in [0.3, 0.4) is 0 Å². The van der Waals surface area contributed by atoms with Gasteiger partial charge in [-0.05, 0) is 48.9 Å². The minimum atomic E-state index is -2.68. The van der Waals surface area contributed by atoms with Gasteiger partial charge in [0.25, 0.3) is 5.92 Å². The van der Waals surface area contributed by atoms with E-state index in [4.69, 9.17) is 0 Å². The molecule has 0 unspecified atom stereocenters. The highest BCUT2D eigenvalue weighted by Crippen LogP contribution is 2.51. The van der Waals surface area contributed by atoms with Crippen molar-refractivity contribution in [3.63, 3.8) is 0 Å². The molecule has 4 rings (SSSR count). The number of rotatable bonds is 3. The van der Waals surface area contributed by atoms with Crippen molar-refractivity contribution in [3.8, 4) is 0 Å². The number of likely N-dealkylation sites (tertiary alicyclic amines) is 2. The quantitative estimate of drug-likeness (QED) is 0.852. The molecule has 130 valence electrons. The van der Waals surface area contributed by atoms with Crippen LogP contribution >= 0.6 is 0 Å². The Balaban J connectivity index is 1.42. The van der Waals surface area contributed by atoms with Crippen LogP contribution in [0.1, 0.15) is 31.2 Å². The average Bonchev–Trinajstić information content (AvgIpc) is 3.13. The largest absolute Gasteiger partial charge is 0.330 e. The van der Waals surface area contributed by atoms with E-state index >= 15 is 0 Å². The van der Waals surface area contributed by atoms with Crippen molar-refractivity contribution in [2.24, 2.45) is 11.3 Å². The van der Waals surface area contributed by atoms with Gasteiger partial charge < -0.3 is 4.90 Å². The van der Waals surface area contributed by atoms with E-state index in [-0.39, 0.29) is 30.3 Å². The molecule has 3 heterocycles. The Morgan fingerprint density at radius 1 is 1.21 bits per heavy atom. The molecule has 0 bridgehead atoms. The lowest BCUT2D eigenvalue weighted by atomic mass is 9.76. The van der Waals surface area contributed by atoms with Crippen LogP contribution in [0.25, 0.3) is 0 Å². The summed E-state index contributed by atoms with van der Waals surface area (Å²) in [5, 5.41) is 0. The number of halogens is 2. The number of carbonyl (C=O) groups is 1. The molecule has 0 aromatic carbocycles. The highest BCUT2D eigenvalue weighted by molar-refractivity contribution is 5.81. The highest BCUT2D eigenvalue weighted by atomic mass is 19.3. The normalized spacial score (nSPS) is 32.2. The van der Waals surface area contributed by atoms with Gasteiger partial charge in [-0.2, -0.15) is 0 Å². The third-order valence-corrected chi connectivity index (χ3v) is 5.98. The summed E-state index contributed by atoms with van der Waals surface area (Å²) in [6.45, 7) is 1.96. The van der Waals surface area contributed by atoms with Crippen molar-refractivity contribution in [2.45, 2.75) is 38.2 Å². The molecule has 1 spiro atoms. The van der Waals surface area contributed by atoms with Crippen LogP contribution in [-0.4, -0.2) is 52.8 Å². The van der Waals surface area contributed by atoms with Gasteiger partial charge in [0, 0.05) is 31.4 Å². The first-order valence-corrected chi connectivity index (χ1v) is 8.75. The number of alkyl halides is 2. The predicted octanol–water partition coefficient (Wildman–Crippen LogP) is 2.55. The Labute approximate surface area is 140 Å². The maximum atomic E-state index is 13.1. The molecule has 2 atom stereocenters. The van der Waals surface area contributed by atoms with Crippen molar-refractivity contribution in [1.82, 2.24) is 14.8 Å². The summed E-state index contributed by atoms with van der Waals surface area (Å²) in [5.74, 6) is -2.79. The zero-order chi connectivity index (χ0) is 16.8. The summed E-state index contributed by atoms with van der Waals surface area (Å²) in [6.07, 6.45) is 7.52. The molecule has 3 fully saturated rings. The summed E-state index contributed by atoms with van der Waals surface area (Å²) in [5.41, 5.74) is 1.22. The number of hydrogen-bond acceptors (Lipinski definition) is 3. The molecule has 1 aliphatic carbocycles. The third kappa shape index (κ3) is 2.81. The zero-order valence-electron chi connectivity index (χ0n) is 13.8. The van der Waals surface area contributed by atoms with Gasteiger partial charge in [0.2, 0.25) is 5.91 Å². The maximum absolute atomic E-state index is 13.1. The number of carbonyl (C=O) groups excluding carboxylic acids is 1.